The van der Waals surface area contributed by atoms with Crippen LogP contribution in [-0.2, 0) is 13.1 Å². The summed E-state index contributed by atoms with van der Waals surface area (Å²) in [6.45, 7) is 4.85. The van der Waals surface area contributed by atoms with E-state index in [-0.39, 0.29) is 11.2 Å². The van der Waals surface area contributed by atoms with Crippen LogP contribution < -0.4 is 11.2 Å². The van der Waals surface area contributed by atoms with E-state index in [1.165, 1.54) is 10.6 Å². The summed E-state index contributed by atoms with van der Waals surface area (Å²) in [5.41, 5.74) is -0.479. The number of nitrogens with zero attached hydrogens (tertiary/aromatic N) is 2. The van der Waals surface area contributed by atoms with Crippen LogP contribution in [0.2, 0.25) is 0 Å². The van der Waals surface area contributed by atoms with E-state index in [0.29, 0.717) is 13.1 Å². The average molecular weight is 208 g/mol. The molecule has 0 radical (unpaired) electrons. The molecular weight excluding hydrogens is 192 g/mol. The van der Waals surface area contributed by atoms with Gasteiger partial charge in [0.15, 0.2) is 0 Å². The molecule has 0 spiro atoms. The van der Waals surface area contributed by atoms with Gasteiger partial charge < -0.3 is 4.57 Å². The topological polar surface area (TPSA) is 44.0 Å². The first kappa shape index (κ1) is 11.5. The van der Waals surface area contributed by atoms with Gasteiger partial charge in [0.2, 0.25) is 0 Å². The third-order valence-corrected chi connectivity index (χ3v) is 2.13. The Labute approximate surface area is 88.5 Å². The summed E-state index contributed by atoms with van der Waals surface area (Å²) in [5.74, 6) is 0. The maximum Gasteiger partial charge on any atom is 0.331 e. The van der Waals surface area contributed by atoms with E-state index < -0.39 is 0 Å². The predicted octanol–water partition coefficient (Wildman–Crippen LogP) is 0.996. The number of hydrogen-bond donors (Lipinski definition) is 0. The molecule has 0 bridgehead atoms. The number of aromatic nitrogens is 2. The Morgan fingerprint density at radius 2 is 2.13 bits per heavy atom. The van der Waals surface area contributed by atoms with Crippen LogP contribution in [0.25, 0.3) is 0 Å². The molecule has 0 aromatic carbocycles. The lowest BCUT2D eigenvalue weighted by atomic mass is 10.4. The van der Waals surface area contributed by atoms with Crippen molar-refractivity contribution in [1.29, 1.82) is 0 Å². The van der Waals surface area contributed by atoms with E-state index >= 15 is 0 Å². The van der Waals surface area contributed by atoms with E-state index in [1.807, 2.05) is 19.9 Å². The van der Waals surface area contributed by atoms with Crippen molar-refractivity contribution in [2.24, 2.45) is 0 Å². The van der Waals surface area contributed by atoms with E-state index in [0.717, 1.165) is 6.42 Å². The number of hydrogen-bond acceptors (Lipinski definition) is 2. The first-order chi connectivity index (χ1) is 7.20. The Morgan fingerprint density at radius 3 is 2.73 bits per heavy atom. The fraction of sp³-hybridized carbons (Fsp3) is 0.455. The highest BCUT2D eigenvalue weighted by atomic mass is 16.2. The third-order valence-electron chi connectivity index (χ3n) is 2.13. The van der Waals surface area contributed by atoms with Gasteiger partial charge in [0.25, 0.3) is 5.56 Å². The fourth-order valence-corrected chi connectivity index (χ4v) is 1.35. The van der Waals surface area contributed by atoms with Crippen molar-refractivity contribution in [3.63, 3.8) is 0 Å². The summed E-state index contributed by atoms with van der Waals surface area (Å²) in [6.07, 6.45) is 6.05. The van der Waals surface area contributed by atoms with E-state index in [2.05, 4.69) is 0 Å². The summed E-state index contributed by atoms with van der Waals surface area (Å²) >= 11 is 0. The van der Waals surface area contributed by atoms with Crippen molar-refractivity contribution in [1.82, 2.24) is 9.13 Å². The molecule has 0 aliphatic rings. The second-order valence-electron chi connectivity index (χ2n) is 3.31. The molecule has 15 heavy (non-hydrogen) atoms. The predicted molar refractivity (Wildman–Crippen MR) is 60.1 cm³/mol. The maximum atomic E-state index is 11.8. The van der Waals surface area contributed by atoms with Gasteiger partial charge in [0, 0.05) is 25.4 Å². The van der Waals surface area contributed by atoms with Crippen LogP contribution in [0.15, 0.2) is 34.0 Å². The minimum absolute atomic E-state index is 0.234. The Bertz CT molecular complexity index is 454. The molecule has 1 rings (SSSR count). The van der Waals surface area contributed by atoms with Gasteiger partial charge in [-0.05, 0) is 13.3 Å². The van der Waals surface area contributed by atoms with Crippen molar-refractivity contribution in [2.75, 3.05) is 0 Å². The van der Waals surface area contributed by atoms with Crippen molar-refractivity contribution in [3.8, 4) is 0 Å². The van der Waals surface area contributed by atoms with Gasteiger partial charge in [-0.3, -0.25) is 9.36 Å². The second kappa shape index (κ2) is 5.34. The first-order valence-corrected chi connectivity index (χ1v) is 5.12. The highest BCUT2D eigenvalue weighted by Gasteiger charge is 2.02. The van der Waals surface area contributed by atoms with Gasteiger partial charge in [-0.2, -0.15) is 0 Å². The van der Waals surface area contributed by atoms with Crippen LogP contribution in [0.4, 0.5) is 0 Å². The zero-order valence-corrected chi connectivity index (χ0v) is 9.14. The zero-order chi connectivity index (χ0) is 11.3. The third kappa shape index (κ3) is 2.68. The molecule has 0 aliphatic heterocycles. The zero-order valence-electron chi connectivity index (χ0n) is 9.14. The maximum absolute atomic E-state index is 11.8. The summed E-state index contributed by atoms with van der Waals surface area (Å²) in [7, 11) is 0. The van der Waals surface area contributed by atoms with Crippen LogP contribution in [0.5, 0.6) is 0 Å². The van der Waals surface area contributed by atoms with Crippen LogP contribution in [0, 0.1) is 0 Å². The minimum atomic E-state index is -0.245. The van der Waals surface area contributed by atoms with E-state index in [1.54, 1.807) is 16.8 Å². The largest absolute Gasteiger partial charge is 0.331 e. The molecule has 0 amide bonds. The molecule has 1 heterocycles. The Hall–Kier alpha value is -1.58. The molecule has 0 fully saturated rings. The molecule has 0 saturated carbocycles. The first-order valence-electron chi connectivity index (χ1n) is 5.12. The van der Waals surface area contributed by atoms with Gasteiger partial charge >= 0.3 is 5.69 Å². The molecule has 0 saturated heterocycles. The van der Waals surface area contributed by atoms with Gasteiger partial charge in [0.05, 0.1) is 0 Å². The second-order valence-corrected chi connectivity index (χ2v) is 3.31. The molecule has 4 nitrogen and oxygen atoms in total. The highest BCUT2D eigenvalue weighted by Crippen LogP contribution is 1.84. The molecule has 4 heteroatoms. The quantitative estimate of drug-likeness (QED) is 0.693. The normalized spacial score (nSPS) is 11.1. The van der Waals surface area contributed by atoms with Crippen molar-refractivity contribution in [2.45, 2.75) is 33.4 Å². The monoisotopic (exact) mass is 208 g/mol. The summed E-state index contributed by atoms with van der Waals surface area (Å²) in [6, 6.07) is 1.43. The lowest BCUT2D eigenvalue weighted by molar-refractivity contribution is 0.574. The fourth-order valence-electron chi connectivity index (χ4n) is 1.35. The van der Waals surface area contributed by atoms with Gasteiger partial charge in [-0.15, -0.1) is 0 Å². The number of allylic oxidation sites excluding steroid dienone is 2. The van der Waals surface area contributed by atoms with Crippen LogP contribution in [-0.4, -0.2) is 9.13 Å². The van der Waals surface area contributed by atoms with Crippen LogP contribution >= 0.6 is 0 Å². The van der Waals surface area contributed by atoms with Gasteiger partial charge in [-0.25, -0.2) is 4.79 Å². The van der Waals surface area contributed by atoms with Crippen molar-refractivity contribution < 1.29 is 0 Å². The molecular formula is C11H16N2O2. The number of aryl methyl sites for hydroxylation is 1. The van der Waals surface area contributed by atoms with Crippen LogP contribution in [0.1, 0.15) is 20.3 Å². The number of rotatable bonds is 4. The lowest BCUT2D eigenvalue weighted by Gasteiger charge is -2.06. The van der Waals surface area contributed by atoms with Gasteiger partial charge in [0.1, 0.15) is 0 Å². The lowest BCUT2D eigenvalue weighted by Crippen LogP contribution is -2.38. The molecule has 1 aromatic heterocycles. The molecule has 1 aromatic rings. The van der Waals surface area contributed by atoms with E-state index in [4.69, 9.17) is 0 Å². The summed E-state index contributed by atoms with van der Waals surface area (Å²) in [5, 5.41) is 0. The standard InChI is InChI=1S/C11H16N2O2/c1-3-5-8-13-10(14)6-9-12(7-4-2)11(13)15/h3,5-6,9H,4,7-8H2,1-2H3/b5-3+. The van der Waals surface area contributed by atoms with Crippen molar-refractivity contribution in [3.05, 3.63) is 45.3 Å². The summed E-state index contributed by atoms with van der Waals surface area (Å²) in [4.78, 5) is 23.2. The Morgan fingerprint density at radius 1 is 1.40 bits per heavy atom. The molecule has 0 N–H and O–H groups in total. The molecule has 82 valence electrons. The minimum Gasteiger partial charge on any atom is -0.300 e. The van der Waals surface area contributed by atoms with E-state index in [9.17, 15) is 9.59 Å². The highest BCUT2D eigenvalue weighted by molar-refractivity contribution is 4.89. The SMILES string of the molecule is C/C=C/Cn1c(=O)ccn(CCC)c1=O. The van der Waals surface area contributed by atoms with Crippen molar-refractivity contribution >= 4 is 0 Å². The smallest absolute Gasteiger partial charge is 0.300 e. The van der Waals surface area contributed by atoms with Gasteiger partial charge in [-0.1, -0.05) is 19.1 Å². The molecule has 0 atom stereocenters. The average Bonchev–Trinajstić information content (AvgIpc) is 2.22. The Kier molecular flexibility index (Phi) is 4.09. The molecule has 0 aliphatic carbocycles. The molecule has 0 unspecified atom stereocenters. The Balaban J connectivity index is 3.18. The summed E-state index contributed by atoms with van der Waals surface area (Å²) < 4.78 is 2.79. The van der Waals surface area contributed by atoms with Crippen LogP contribution in [0.3, 0.4) is 0 Å².